The van der Waals surface area contributed by atoms with Crippen LogP contribution in [0.2, 0.25) is 0 Å². The molecule has 0 aromatic carbocycles. The smallest absolute Gasteiger partial charge is 0.330 e. The van der Waals surface area contributed by atoms with E-state index in [1.807, 2.05) is 6.92 Å². The molecule has 0 atom stereocenters. The molecule has 0 aromatic rings. The Balaban J connectivity index is 1.66. The summed E-state index contributed by atoms with van der Waals surface area (Å²) in [5.41, 5.74) is 0. The molecule has 17 heavy (non-hydrogen) atoms. The van der Waals surface area contributed by atoms with Crippen LogP contribution in [0.25, 0.3) is 0 Å². The predicted molar refractivity (Wildman–Crippen MR) is 66.3 cm³/mol. The molecule has 2 nitrogen and oxygen atoms in total. The van der Waals surface area contributed by atoms with Gasteiger partial charge in [-0.25, -0.2) is 4.79 Å². The van der Waals surface area contributed by atoms with Gasteiger partial charge < -0.3 is 4.74 Å². The van der Waals surface area contributed by atoms with Gasteiger partial charge >= 0.3 is 5.97 Å². The Labute approximate surface area is 103 Å². The summed E-state index contributed by atoms with van der Waals surface area (Å²) in [6.07, 6.45) is 11.0. The van der Waals surface area contributed by atoms with Crippen molar-refractivity contribution in [1.29, 1.82) is 0 Å². The molecule has 0 aliphatic heterocycles. The summed E-state index contributed by atoms with van der Waals surface area (Å²) < 4.78 is 4.96. The molecule has 0 N–H and O–H groups in total. The third-order valence-electron chi connectivity index (χ3n) is 5.04. The van der Waals surface area contributed by atoms with Crippen molar-refractivity contribution >= 4 is 5.97 Å². The number of rotatable bonds is 3. The first-order valence-corrected chi connectivity index (χ1v) is 7.11. The van der Waals surface area contributed by atoms with E-state index in [0.717, 1.165) is 23.7 Å². The van der Waals surface area contributed by atoms with Crippen molar-refractivity contribution in [3.63, 3.8) is 0 Å². The number of esters is 1. The summed E-state index contributed by atoms with van der Waals surface area (Å²) in [5, 5.41) is 0. The Morgan fingerprint density at radius 3 is 2.24 bits per heavy atom. The second kappa shape index (κ2) is 4.47. The summed E-state index contributed by atoms with van der Waals surface area (Å²) in [4.78, 5) is 11.4. The van der Waals surface area contributed by atoms with Crippen molar-refractivity contribution < 1.29 is 9.53 Å². The summed E-state index contributed by atoms with van der Waals surface area (Å²) in [6.45, 7) is 2.33. The molecule has 4 saturated carbocycles. The van der Waals surface area contributed by atoms with Crippen molar-refractivity contribution in [1.82, 2.24) is 0 Å². The summed E-state index contributed by atoms with van der Waals surface area (Å²) in [6, 6.07) is 0. The zero-order valence-electron chi connectivity index (χ0n) is 10.6. The number of allylic oxidation sites excluding steroid dienone is 1. The zero-order chi connectivity index (χ0) is 11.8. The minimum atomic E-state index is -0.165. The summed E-state index contributed by atoms with van der Waals surface area (Å²) in [5.74, 6) is 4.22. The van der Waals surface area contributed by atoms with Gasteiger partial charge in [0.1, 0.15) is 0 Å². The van der Waals surface area contributed by atoms with Crippen LogP contribution in [0.4, 0.5) is 0 Å². The Kier molecular flexibility index (Phi) is 2.97. The van der Waals surface area contributed by atoms with E-state index in [4.69, 9.17) is 4.74 Å². The van der Waals surface area contributed by atoms with E-state index in [1.54, 1.807) is 6.08 Å². The fraction of sp³-hybridized carbons (Fsp3) is 0.800. The molecule has 0 radical (unpaired) electrons. The molecular formula is C15H22O2. The standard InChI is InChI=1S/C15H22O2/c1-2-17-15(16)4-3-14-12-6-10-5-11(8-12)9-13(14)7-10/h3-4,10-14H,2,5-9H2,1H3. The van der Waals surface area contributed by atoms with E-state index in [-0.39, 0.29) is 5.97 Å². The molecular weight excluding hydrogens is 212 g/mol. The van der Waals surface area contributed by atoms with E-state index in [9.17, 15) is 4.79 Å². The fourth-order valence-electron chi connectivity index (χ4n) is 4.66. The molecule has 2 heteroatoms. The number of hydrogen-bond acceptors (Lipinski definition) is 2. The summed E-state index contributed by atoms with van der Waals surface area (Å²) >= 11 is 0. The maximum atomic E-state index is 11.4. The van der Waals surface area contributed by atoms with Gasteiger partial charge in [0.15, 0.2) is 0 Å². The van der Waals surface area contributed by atoms with Crippen LogP contribution >= 0.6 is 0 Å². The Hall–Kier alpha value is -0.790. The molecule has 0 aromatic heterocycles. The summed E-state index contributed by atoms with van der Waals surface area (Å²) in [7, 11) is 0. The van der Waals surface area contributed by atoms with Crippen LogP contribution in [0.15, 0.2) is 12.2 Å². The number of hydrogen-bond donors (Lipinski definition) is 0. The minimum Gasteiger partial charge on any atom is -0.463 e. The zero-order valence-corrected chi connectivity index (χ0v) is 10.6. The maximum Gasteiger partial charge on any atom is 0.330 e. The van der Waals surface area contributed by atoms with Gasteiger partial charge in [-0.1, -0.05) is 6.08 Å². The van der Waals surface area contributed by atoms with E-state index in [1.165, 1.54) is 32.1 Å². The highest BCUT2D eigenvalue weighted by Gasteiger charge is 2.47. The first-order chi connectivity index (χ1) is 8.26. The highest BCUT2D eigenvalue weighted by Crippen LogP contribution is 2.56. The maximum absolute atomic E-state index is 11.4. The molecule has 4 rings (SSSR count). The van der Waals surface area contributed by atoms with Gasteiger partial charge in [0.25, 0.3) is 0 Å². The average molecular weight is 234 g/mol. The highest BCUT2D eigenvalue weighted by molar-refractivity contribution is 5.81. The van der Waals surface area contributed by atoms with Gasteiger partial charge in [-0.2, -0.15) is 0 Å². The third kappa shape index (κ3) is 2.14. The lowest BCUT2D eigenvalue weighted by atomic mass is 9.52. The second-order valence-electron chi connectivity index (χ2n) is 6.12. The first kappa shape index (κ1) is 11.3. The van der Waals surface area contributed by atoms with Crippen LogP contribution in [0.3, 0.4) is 0 Å². The monoisotopic (exact) mass is 234 g/mol. The van der Waals surface area contributed by atoms with E-state index in [0.29, 0.717) is 12.5 Å². The molecule has 4 aliphatic carbocycles. The van der Waals surface area contributed by atoms with Crippen molar-refractivity contribution in [2.75, 3.05) is 6.61 Å². The van der Waals surface area contributed by atoms with Gasteiger partial charge in [0.05, 0.1) is 6.61 Å². The minimum absolute atomic E-state index is 0.165. The van der Waals surface area contributed by atoms with Crippen LogP contribution in [0, 0.1) is 29.6 Å². The first-order valence-electron chi connectivity index (χ1n) is 7.11. The van der Waals surface area contributed by atoms with Gasteiger partial charge in [0, 0.05) is 6.08 Å². The molecule has 4 aliphatic rings. The van der Waals surface area contributed by atoms with Gasteiger partial charge in [-0.3, -0.25) is 0 Å². The molecule has 0 saturated heterocycles. The van der Waals surface area contributed by atoms with Crippen molar-refractivity contribution in [2.24, 2.45) is 29.6 Å². The average Bonchev–Trinajstić information content (AvgIpc) is 2.27. The molecule has 0 spiro atoms. The van der Waals surface area contributed by atoms with Gasteiger partial charge in [0.2, 0.25) is 0 Å². The lowest BCUT2D eigenvalue weighted by molar-refractivity contribution is -0.137. The van der Waals surface area contributed by atoms with Gasteiger partial charge in [-0.15, -0.1) is 0 Å². The molecule has 0 heterocycles. The van der Waals surface area contributed by atoms with Crippen molar-refractivity contribution in [3.8, 4) is 0 Å². The van der Waals surface area contributed by atoms with Gasteiger partial charge in [-0.05, 0) is 68.6 Å². The van der Waals surface area contributed by atoms with E-state index < -0.39 is 0 Å². The Morgan fingerprint density at radius 2 is 1.71 bits per heavy atom. The van der Waals surface area contributed by atoms with Crippen molar-refractivity contribution in [3.05, 3.63) is 12.2 Å². The highest BCUT2D eigenvalue weighted by atomic mass is 16.5. The molecule has 4 fully saturated rings. The van der Waals surface area contributed by atoms with Crippen LogP contribution < -0.4 is 0 Å². The molecule has 94 valence electrons. The third-order valence-corrected chi connectivity index (χ3v) is 5.04. The van der Waals surface area contributed by atoms with E-state index >= 15 is 0 Å². The SMILES string of the molecule is CCOC(=O)C=CC1C2CC3CC(C2)CC1C3. The van der Waals surface area contributed by atoms with Crippen molar-refractivity contribution in [2.45, 2.75) is 39.0 Å². The topological polar surface area (TPSA) is 26.3 Å². The van der Waals surface area contributed by atoms with Crippen LogP contribution in [0.1, 0.15) is 39.0 Å². The Morgan fingerprint density at radius 1 is 1.12 bits per heavy atom. The number of carbonyl (C=O) groups excluding carboxylic acids is 1. The predicted octanol–water partition coefficient (Wildman–Crippen LogP) is 3.18. The quantitative estimate of drug-likeness (QED) is 0.554. The largest absolute Gasteiger partial charge is 0.463 e. The molecule has 0 amide bonds. The fourth-order valence-corrected chi connectivity index (χ4v) is 4.66. The number of carbonyl (C=O) groups is 1. The number of ether oxygens (including phenoxy) is 1. The second-order valence-corrected chi connectivity index (χ2v) is 6.12. The van der Waals surface area contributed by atoms with Crippen LogP contribution in [-0.2, 0) is 9.53 Å². The molecule has 4 bridgehead atoms. The Bertz CT molecular complexity index is 304. The molecule has 0 unspecified atom stereocenters. The van der Waals surface area contributed by atoms with Crippen LogP contribution in [0.5, 0.6) is 0 Å². The normalized spacial score (nSPS) is 43.2. The lowest BCUT2D eigenvalue weighted by Gasteiger charge is -2.53. The van der Waals surface area contributed by atoms with E-state index in [2.05, 4.69) is 6.08 Å². The van der Waals surface area contributed by atoms with Crippen LogP contribution in [-0.4, -0.2) is 12.6 Å². The lowest BCUT2D eigenvalue weighted by Crippen LogP contribution is -2.44.